The summed E-state index contributed by atoms with van der Waals surface area (Å²) in [5.41, 5.74) is 3.78. The number of nitrogens with one attached hydrogen (secondary N) is 1. The molecule has 3 nitrogen and oxygen atoms in total. The fraction of sp³-hybridized carbons (Fsp3) is 0.500. The zero-order valence-corrected chi connectivity index (χ0v) is 10.3. The van der Waals surface area contributed by atoms with Crippen molar-refractivity contribution in [3.05, 3.63) is 30.1 Å². The third-order valence-corrected chi connectivity index (χ3v) is 3.70. The third kappa shape index (κ3) is 2.07. The number of aromatic nitrogens is 2. The standard InChI is InChI=1S/C14H19N3/c1-17-10-11(9-12-5-2-3-7-15-12)14-13(17)6-4-8-16-14/h4,6,8,10,12,15H,2-3,5,7,9H2,1H3. The Morgan fingerprint density at radius 1 is 1.47 bits per heavy atom. The smallest absolute Gasteiger partial charge is 0.0913 e. The summed E-state index contributed by atoms with van der Waals surface area (Å²) in [6.07, 6.45) is 9.20. The van der Waals surface area contributed by atoms with Gasteiger partial charge >= 0.3 is 0 Å². The van der Waals surface area contributed by atoms with E-state index in [0.29, 0.717) is 6.04 Å². The minimum Gasteiger partial charge on any atom is -0.349 e. The Bertz CT molecular complexity index is 509. The first kappa shape index (κ1) is 10.8. The Hall–Kier alpha value is -1.35. The maximum absolute atomic E-state index is 4.52. The molecular weight excluding hydrogens is 210 g/mol. The number of hydrogen-bond acceptors (Lipinski definition) is 2. The van der Waals surface area contributed by atoms with E-state index in [1.165, 1.54) is 42.4 Å². The first-order chi connectivity index (χ1) is 8.34. The first-order valence-electron chi connectivity index (χ1n) is 6.47. The topological polar surface area (TPSA) is 29.9 Å². The van der Waals surface area contributed by atoms with Crippen LogP contribution in [0, 0.1) is 0 Å². The highest BCUT2D eigenvalue weighted by molar-refractivity contribution is 5.79. The van der Waals surface area contributed by atoms with Gasteiger partial charge in [-0.25, -0.2) is 0 Å². The Kier molecular flexibility index (Phi) is 2.85. The van der Waals surface area contributed by atoms with Gasteiger partial charge in [-0.3, -0.25) is 4.98 Å². The van der Waals surface area contributed by atoms with Crippen molar-refractivity contribution >= 4 is 11.0 Å². The molecule has 1 atom stereocenters. The molecule has 1 fully saturated rings. The van der Waals surface area contributed by atoms with Crippen LogP contribution >= 0.6 is 0 Å². The molecule has 0 saturated carbocycles. The summed E-state index contributed by atoms with van der Waals surface area (Å²) in [5.74, 6) is 0. The van der Waals surface area contributed by atoms with Gasteiger partial charge in [-0.1, -0.05) is 6.42 Å². The monoisotopic (exact) mass is 229 g/mol. The van der Waals surface area contributed by atoms with Crippen molar-refractivity contribution in [3.8, 4) is 0 Å². The van der Waals surface area contributed by atoms with Crippen LogP contribution in [0.25, 0.3) is 11.0 Å². The van der Waals surface area contributed by atoms with Gasteiger partial charge in [-0.2, -0.15) is 0 Å². The summed E-state index contributed by atoms with van der Waals surface area (Å²) in [5, 5.41) is 3.60. The highest BCUT2D eigenvalue weighted by Crippen LogP contribution is 2.21. The van der Waals surface area contributed by atoms with Crippen molar-refractivity contribution in [2.75, 3.05) is 6.54 Å². The van der Waals surface area contributed by atoms with E-state index >= 15 is 0 Å². The summed E-state index contributed by atoms with van der Waals surface area (Å²) in [6.45, 7) is 1.17. The molecule has 0 radical (unpaired) electrons. The van der Waals surface area contributed by atoms with Crippen LogP contribution in [0.1, 0.15) is 24.8 Å². The molecule has 0 aromatic carbocycles. The molecule has 90 valence electrons. The number of piperidine rings is 1. The Labute approximate surface area is 102 Å². The summed E-state index contributed by atoms with van der Waals surface area (Å²) in [4.78, 5) is 4.52. The van der Waals surface area contributed by atoms with Gasteiger partial charge in [0.15, 0.2) is 0 Å². The van der Waals surface area contributed by atoms with Crippen LogP contribution in [-0.4, -0.2) is 22.1 Å². The fourth-order valence-electron chi connectivity index (χ4n) is 2.81. The van der Waals surface area contributed by atoms with Gasteiger partial charge in [0.25, 0.3) is 0 Å². The van der Waals surface area contributed by atoms with Crippen LogP contribution in [0.4, 0.5) is 0 Å². The van der Waals surface area contributed by atoms with Crippen molar-refractivity contribution in [2.45, 2.75) is 31.7 Å². The molecule has 3 heteroatoms. The average Bonchev–Trinajstić information content (AvgIpc) is 2.69. The molecule has 1 aliphatic rings. The number of pyridine rings is 1. The summed E-state index contributed by atoms with van der Waals surface area (Å²) >= 11 is 0. The molecule has 0 amide bonds. The van der Waals surface area contributed by atoms with Crippen LogP contribution in [0.15, 0.2) is 24.5 Å². The quantitative estimate of drug-likeness (QED) is 0.856. The van der Waals surface area contributed by atoms with Crippen molar-refractivity contribution in [3.63, 3.8) is 0 Å². The highest BCUT2D eigenvalue weighted by Gasteiger charge is 2.16. The lowest BCUT2D eigenvalue weighted by molar-refractivity contribution is 0.400. The molecule has 2 aromatic heterocycles. The second kappa shape index (κ2) is 4.49. The lowest BCUT2D eigenvalue weighted by atomic mass is 9.99. The summed E-state index contributed by atoms with van der Waals surface area (Å²) in [6, 6.07) is 4.78. The molecule has 1 unspecified atom stereocenters. The van der Waals surface area contributed by atoms with E-state index < -0.39 is 0 Å². The molecule has 1 aliphatic heterocycles. The lowest BCUT2D eigenvalue weighted by Crippen LogP contribution is -2.35. The van der Waals surface area contributed by atoms with Crippen LogP contribution in [0.5, 0.6) is 0 Å². The fourth-order valence-corrected chi connectivity index (χ4v) is 2.81. The van der Waals surface area contributed by atoms with Gasteiger partial charge in [0.2, 0.25) is 0 Å². The molecule has 0 spiro atoms. The predicted octanol–water partition coefficient (Wildman–Crippen LogP) is 2.26. The molecule has 3 heterocycles. The number of rotatable bonds is 2. The first-order valence-corrected chi connectivity index (χ1v) is 6.47. The van der Waals surface area contributed by atoms with E-state index in [1.54, 1.807) is 0 Å². The molecule has 1 N–H and O–H groups in total. The maximum Gasteiger partial charge on any atom is 0.0913 e. The van der Waals surface area contributed by atoms with E-state index in [2.05, 4.69) is 34.2 Å². The SMILES string of the molecule is Cn1cc(CC2CCCCN2)c2ncccc21. The second-order valence-electron chi connectivity index (χ2n) is 4.99. The molecule has 1 saturated heterocycles. The van der Waals surface area contributed by atoms with Gasteiger partial charge in [0.1, 0.15) is 0 Å². The number of aryl methyl sites for hydroxylation is 1. The molecule has 0 aliphatic carbocycles. The molecule has 3 rings (SSSR count). The van der Waals surface area contributed by atoms with Crippen LogP contribution < -0.4 is 5.32 Å². The Morgan fingerprint density at radius 2 is 2.41 bits per heavy atom. The molecular formula is C14H19N3. The average molecular weight is 229 g/mol. The van der Waals surface area contributed by atoms with E-state index in [1.807, 2.05) is 12.3 Å². The molecule has 17 heavy (non-hydrogen) atoms. The third-order valence-electron chi connectivity index (χ3n) is 3.70. The Balaban J connectivity index is 1.89. The Morgan fingerprint density at radius 3 is 3.24 bits per heavy atom. The van der Waals surface area contributed by atoms with E-state index in [4.69, 9.17) is 0 Å². The zero-order valence-electron chi connectivity index (χ0n) is 10.3. The van der Waals surface area contributed by atoms with Crippen LogP contribution in [0.3, 0.4) is 0 Å². The van der Waals surface area contributed by atoms with Crippen molar-refractivity contribution in [1.82, 2.24) is 14.9 Å². The maximum atomic E-state index is 4.52. The van der Waals surface area contributed by atoms with E-state index in [0.717, 1.165) is 6.42 Å². The van der Waals surface area contributed by atoms with Crippen molar-refractivity contribution in [2.24, 2.45) is 7.05 Å². The van der Waals surface area contributed by atoms with Gasteiger partial charge in [0, 0.05) is 25.5 Å². The number of fused-ring (bicyclic) bond motifs is 1. The minimum atomic E-state index is 0.636. The van der Waals surface area contributed by atoms with Gasteiger partial charge in [0.05, 0.1) is 11.0 Å². The van der Waals surface area contributed by atoms with E-state index in [9.17, 15) is 0 Å². The molecule has 2 aromatic rings. The van der Waals surface area contributed by atoms with Crippen LogP contribution in [0.2, 0.25) is 0 Å². The van der Waals surface area contributed by atoms with Gasteiger partial charge in [-0.15, -0.1) is 0 Å². The predicted molar refractivity (Wildman–Crippen MR) is 70.1 cm³/mol. The van der Waals surface area contributed by atoms with Crippen molar-refractivity contribution in [1.29, 1.82) is 0 Å². The highest BCUT2D eigenvalue weighted by atomic mass is 15.0. The van der Waals surface area contributed by atoms with Crippen molar-refractivity contribution < 1.29 is 0 Å². The summed E-state index contributed by atoms with van der Waals surface area (Å²) in [7, 11) is 2.10. The largest absolute Gasteiger partial charge is 0.349 e. The van der Waals surface area contributed by atoms with Crippen LogP contribution in [-0.2, 0) is 13.5 Å². The zero-order chi connectivity index (χ0) is 11.7. The number of nitrogens with zero attached hydrogens (tertiary/aromatic N) is 2. The number of hydrogen-bond donors (Lipinski definition) is 1. The normalized spacial score (nSPS) is 20.9. The van der Waals surface area contributed by atoms with Gasteiger partial charge < -0.3 is 9.88 Å². The van der Waals surface area contributed by atoms with E-state index in [-0.39, 0.29) is 0 Å². The lowest BCUT2D eigenvalue weighted by Gasteiger charge is -2.22. The van der Waals surface area contributed by atoms with Gasteiger partial charge in [-0.05, 0) is 43.5 Å². The summed E-state index contributed by atoms with van der Waals surface area (Å²) < 4.78 is 2.18. The molecule has 0 bridgehead atoms. The minimum absolute atomic E-state index is 0.636. The second-order valence-corrected chi connectivity index (χ2v) is 4.99.